The maximum absolute atomic E-state index is 13.0. The van der Waals surface area contributed by atoms with E-state index in [1.165, 1.54) is 5.56 Å². The van der Waals surface area contributed by atoms with Gasteiger partial charge in [-0.15, -0.1) is 0 Å². The van der Waals surface area contributed by atoms with Gasteiger partial charge in [-0.3, -0.25) is 9.59 Å². The van der Waals surface area contributed by atoms with Crippen molar-refractivity contribution in [3.8, 4) is 0 Å². The van der Waals surface area contributed by atoms with Crippen LogP contribution in [-0.4, -0.2) is 50.4 Å². The van der Waals surface area contributed by atoms with E-state index in [-0.39, 0.29) is 11.8 Å². The number of nitrogens with zero attached hydrogens (tertiary/aromatic N) is 2. The number of hydrogen-bond acceptors (Lipinski definition) is 3. The molecule has 5 heteroatoms. The van der Waals surface area contributed by atoms with E-state index < -0.39 is 5.41 Å². The lowest BCUT2D eigenvalue weighted by Gasteiger charge is -2.32. The molecule has 1 aromatic carbocycles. The molecule has 1 aliphatic carbocycles. The second-order valence-electron chi connectivity index (χ2n) is 6.83. The van der Waals surface area contributed by atoms with E-state index in [0.717, 1.165) is 25.1 Å². The third kappa shape index (κ3) is 3.11. The molecule has 1 fully saturated rings. The average Bonchev–Trinajstić information content (AvgIpc) is 3.35. The van der Waals surface area contributed by atoms with Crippen molar-refractivity contribution in [1.82, 2.24) is 10.2 Å². The number of fused-ring (bicyclic) bond motifs is 1. The number of likely N-dealkylation sites (N-methyl/N-ethyl adjacent to an activating group) is 1. The van der Waals surface area contributed by atoms with Gasteiger partial charge in [-0.2, -0.15) is 0 Å². The van der Waals surface area contributed by atoms with Crippen LogP contribution in [0.4, 0.5) is 5.69 Å². The van der Waals surface area contributed by atoms with Crippen molar-refractivity contribution in [3.63, 3.8) is 0 Å². The molecule has 0 bridgehead atoms. The van der Waals surface area contributed by atoms with E-state index in [1.54, 1.807) is 0 Å². The Bertz CT molecular complexity index is 608. The molecule has 23 heavy (non-hydrogen) atoms. The number of carbonyl (C=O) groups excluding carboxylic acids is 2. The standard InChI is InChI=1S/C18H25N3O2/c1-20(2)13-11-19-16(22)18(9-10-18)17(23)21-12-5-7-14-6-3-4-8-15(14)21/h3-4,6,8H,5,7,9-13H2,1-2H3,(H,19,22). The van der Waals surface area contributed by atoms with Gasteiger partial charge >= 0.3 is 0 Å². The highest BCUT2D eigenvalue weighted by atomic mass is 16.2. The number of rotatable bonds is 5. The number of aryl methyl sites for hydroxylation is 1. The first-order chi connectivity index (χ1) is 11.0. The topological polar surface area (TPSA) is 52.7 Å². The summed E-state index contributed by atoms with van der Waals surface area (Å²) in [7, 11) is 3.93. The zero-order chi connectivity index (χ0) is 16.4. The molecule has 124 valence electrons. The first-order valence-electron chi connectivity index (χ1n) is 8.37. The van der Waals surface area contributed by atoms with E-state index >= 15 is 0 Å². The van der Waals surface area contributed by atoms with Gasteiger partial charge in [0, 0.05) is 25.3 Å². The van der Waals surface area contributed by atoms with Gasteiger partial charge in [-0.05, 0) is 51.4 Å². The predicted molar refractivity (Wildman–Crippen MR) is 90.3 cm³/mol. The number of amides is 2. The molecular weight excluding hydrogens is 290 g/mol. The fourth-order valence-corrected chi connectivity index (χ4v) is 3.23. The molecule has 1 heterocycles. The largest absolute Gasteiger partial charge is 0.354 e. The first-order valence-corrected chi connectivity index (χ1v) is 8.37. The number of benzene rings is 1. The summed E-state index contributed by atoms with van der Waals surface area (Å²) in [5.41, 5.74) is 1.36. The molecule has 1 aliphatic heterocycles. The minimum atomic E-state index is -0.823. The van der Waals surface area contributed by atoms with Crippen molar-refractivity contribution in [2.24, 2.45) is 5.41 Å². The maximum atomic E-state index is 13.0. The summed E-state index contributed by atoms with van der Waals surface area (Å²) < 4.78 is 0. The minimum Gasteiger partial charge on any atom is -0.354 e. The lowest BCUT2D eigenvalue weighted by atomic mass is 9.97. The summed E-state index contributed by atoms with van der Waals surface area (Å²) in [4.78, 5) is 29.4. The van der Waals surface area contributed by atoms with E-state index in [1.807, 2.05) is 42.1 Å². The van der Waals surface area contributed by atoms with Crippen LogP contribution in [-0.2, 0) is 16.0 Å². The maximum Gasteiger partial charge on any atom is 0.242 e. The molecule has 3 rings (SSSR count). The van der Waals surface area contributed by atoms with Crippen molar-refractivity contribution in [1.29, 1.82) is 0 Å². The summed E-state index contributed by atoms with van der Waals surface area (Å²) in [5, 5.41) is 2.93. The molecule has 2 aliphatic rings. The highest BCUT2D eigenvalue weighted by Gasteiger charge is 2.58. The van der Waals surface area contributed by atoms with Gasteiger partial charge in [-0.25, -0.2) is 0 Å². The lowest BCUT2D eigenvalue weighted by molar-refractivity contribution is -0.135. The lowest BCUT2D eigenvalue weighted by Crippen LogP contribution is -2.48. The predicted octanol–water partition coefficient (Wildman–Crippen LogP) is 1.42. The van der Waals surface area contributed by atoms with Crippen molar-refractivity contribution >= 4 is 17.5 Å². The van der Waals surface area contributed by atoms with Crippen molar-refractivity contribution in [2.75, 3.05) is 38.6 Å². The minimum absolute atomic E-state index is 0.0213. The molecule has 0 saturated heterocycles. The van der Waals surface area contributed by atoms with Crippen molar-refractivity contribution < 1.29 is 9.59 Å². The van der Waals surface area contributed by atoms with Gasteiger partial charge in [0.25, 0.3) is 0 Å². The Morgan fingerprint density at radius 1 is 1.26 bits per heavy atom. The van der Waals surface area contributed by atoms with Crippen LogP contribution in [0.15, 0.2) is 24.3 Å². The van der Waals surface area contributed by atoms with Crippen molar-refractivity contribution in [3.05, 3.63) is 29.8 Å². The van der Waals surface area contributed by atoms with Crippen LogP contribution in [0.25, 0.3) is 0 Å². The van der Waals surface area contributed by atoms with Crippen LogP contribution in [0, 0.1) is 5.41 Å². The van der Waals surface area contributed by atoms with Gasteiger partial charge in [0.05, 0.1) is 0 Å². The zero-order valence-electron chi connectivity index (χ0n) is 14.0. The van der Waals surface area contributed by atoms with Gasteiger partial charge in [0.2, 0.25) is 11.8 Å². The number of para-hydroxylation sites is 1. The molecule has 0 radical (unpaired) electrons. The monoisotopic (exact) mass is 315 g/mol. The van der Waals surface area contributed by atoms with E-state index in [2.05, 4.69) is 11.4 Å². The average molecular weight is 315 g/mol. The molecule has 0 atom stereocenters. The number of nitrogens with one attached hydrogen (secondary N) is 1. The van der Waals surface area contributed by atoms with E-state index in [4.69, 9.17) is 0 Å². The van der Waals surface area contributed by atoms with Crippen LogP contribution < -0.4 is 10.2 Å². The Kier molecular flexibility index (Phi) is 4.39. The van der Waals surface area contributed by atoms with Gasteiger partial charge in [0.1, 0.15) is 5.41 Å². The third-order valence-corrected chi connectivity index (χ3v) is 4.79. The molecule has 0 unspecified atom stereocenters. The molecule has 1 N–H and O–H groups in total. The van der Waals surface area contributed by atoms with Crippen molar-refractivity contribution in [2.45, 2.75) is 25.7 Å². The number of hydrogen-bond donors (Lipinski definition) is 1. The Labute approximate surface area is 137 Å². The quantitative estimate of drug-likeness (QED) is 0.836. The molecule has 1 aromatic rings. The zero-order valence-corrected chi connectivity index (χ0v) is 14.0. The van der Waals surface area contributed by atoms with E-state index in [0.29, 0.717) is 25.9 Å². The highest BCUT2D eigenvalue weighted by Crippen LogP contribution is 2.48. The second kappa shape index (κ2) is 6.32. The molecular formula is C18H25N3O2. The summed E-state index contributed by atoms with van der Waals surface area (Å²) in [6, 6.07) is 8.03. The molecule has 5 nitrogen and oxygen atoms in total. The van der Waals surface area contributed by atoms with Crippen LogP contribution in [0.5, 0.6) is 0 Å². The normalized spacial score (nSPS) is 18.5. The van der Waals surface area contributed by atoms with Gasteiger partial charge < -0.3 is 15.1 Å². The number of anilines is 1. The Morgan fingerprint density at radius 2 is 2.00 bits per heavy atom. The fraction of sp³-hybridized carbons (Fsp3) is 0.556. The molecule has 0 aromatic heterocycles. The Morgan fingerprint density at radius 3 is 2.70 bits per heavy atom. The first kappa shape index (κ1) is 16.0. The SMILES string of the molecule is CN(C)CCNC(=O)C1(C(=O)N2CCCc3ccccc32)CC1. The van der Waals surface area contributed by atoms with Gasteiger partial charge in [-0.1, -0.05) is 18.2 Å². The molecule has 2 amide bonds. The van der Waals surface area contributed by atoms with Crippen LogP contribution in [0.2, 0.25) is 0 Å². The number of carbonyl (C=O) groups is 2. The summed E-state index contributed by atoms with van der Waals surface area (Å²) in [6.07, 6.45) is 3.29. The Hall–Kier alpha value is -1.88. The van der Waals surface area contributed by atoms with Crippen LogP contribution in [0.1, 0.15) is 24.8 Å². The van der Waals surface area contributed by atoms with Crippen LogP contribution in [0.3, 0.4) is 0 Å². The smallest absolute Gasteiger partial charge is 0.242 e. The fourth-order valence-electron chi connectivity index (χ4n) is 3.23. The van der Waals surface area contributed by atoms with Gasteiger partial charge in [0.15, 0.2) is 0 Å². The molecule has 0 spiro atoms. The highest BCUT2D eigenvalue weighted by molar-refractivity contribution is 6.14. The second-order valence-corrected chi connectivity index (χ2v) is 6.83. The molecule has 1 saturated carbocycles. The summed E-state index contributed by atoms with van der Waals surface area (Å²) in [6.45, 7) is 2.07. The summed E-state index contributed by atoms with van der Waals surface area (Å²) >= 11 is 0. The van der Waals surface area contributed by atoms with Crippen LogP contribution >= 0.6 is 0 Å². The third-order valence-electron chi connectivity index (χ3n) is 4.79. The Balaban J connectivity index is 1.72. The van der Waals surface area contributed by atoms with E-state index in [9.17, 15) is 9.59 Å². The summed E-state index contributed by atoms with van der Waals surface area (Å²) in [5.74, 6) is -0.126.